The van der Waals surface area contributed by atoms with Crippen LogP contribution in [0.4, 0.5) is 0 Å². The summed E-state index contributed by atoms with van der Waals surface area (Å²) in [5.41, 5.74) is 0.945. The number of halogens is 3. The number of thioether (sulfide) groups is 1. The fourth-order valence-electron chi connectivity index (χ4n) is 2.32. The van der Waals surface area contributed by atoms with Crippen LogP contribution < -0.4 is 4.74 Å². The number of hydrogen-bond acceptors (Lipinski definition) is 4. The van der Waals surface area contributed by atoms with Gasteiger partial charge in [-0.2, -0.15) is 0 Å². The van der Waals surface area contributed by atoms with Crippen LogP contribution in [-0.2, 0) is 10.5 Å². The molecule has 0 radical (unpaired) electrons. The maximum atomic E-state index is 12.5. The highest BCUT2D eigenvalue weighted by atomic mass is 35.5. The van der Waals surface area contributed by atoms with E-state index in [4.69, 9.17) is 39.5 Å². The Morgan fingerprint density at radius 2 is 1.85 bits per heavy atom. The van der Waals surface area contributed by atoms with E-state index in [1.165, 1.54) is 11.8 Å². The minimum atomic E-state index is -0.133. The third-order valence-corrected chi connectivity index (χ3v) is 5.55. The van der Waals surface area contributed by atoms with Crippen LogP contribution in [0.1, 0.15) is 5.56 Å². The molecule has 0 fully saturated rings. The number of benzene rings is 2. The van der Waals surface area contributed by atoms with Gasteiger partial charge in [-0.25, -0.2) is 0 Å². The highest BCUT2D eigenvalue weighted by Gasteiger charge is 2.24. The second-order valence-electron chi connectivity index (χ2n) is 5.48. The normalized spacial score (nSPS) is 13.7. The molecule has 1 amide bonds. The Bertz CT molecular complexity index is 828. The first-order valence-corrected chi connectivity index (χ1v) is 9.95. The third-order valence-electron chi connectivity index (χ3n) is 3.65. The zero-order chi connectivity index (χ0) is 18.5. The topological polar surface area (TPSA) is 41.9 Å². The van der Waals surface area contributed by atoms with Gasteiger partial charge in [0.2, 0.25) is 0 Å². The van der Waals surface area contributed by atoms with Crippen LogP contribution in [0, 0.1) is 0 Å². The number of ether oxygens (including phenoxy) is 1. The molecular formula is C18H15Cl3N2O2S. The zero-order valence-electron chi connectivity index (χ0n) is 13.6. The molecular weight excluding hydrogens is 415 g/mol. The first-order valence-electron chi connectivity index (χ1n) is 7.83. The van der Waals surface area contributed by atoms with Gasteiger partial charge < -0.3 is 4.74 Å². The lowest BCUT2D eigenvalue weighted by Gasteiger charge is -2.18. The Labute approximate surface area is 171 Å². The van der Waals surface area contributed by atoms with Crippen molar-refractivity contribution in [2.75, 3.05) is 19.7 Å². The summed E-state index contributed by atoms with van der Waals surface area (Å²) in [5, 5.41) is 2.50. The minimum absolute atomic E-state index is 0.0527. The molecule has 0 aromatic heterocycles. The summed E-state index contributed by atoms with van der Waals surface area (Å²) in [6.45, 7) is 1.09. The van der Waals surface area contributed by atoms with Crippen LogP contribution in [0.15, 0.2) is 47.5 Å². The monoisotopic (exact) mass is 428 g/mol. The van der Waals surface area contributed by atoms with Crippen LogP contribution in [0.3, 0.4) is 0 Å². The number of carbonyl (C=O) groups excluding carboxylic acids is 1. The second-order valence-corrected chi connectivity index (χ2v) is 7.70. The number of amides is 1. The van der Waals surface area contributed by atoms with Crippen LogP contribution >= 0.6 is 46.6 Å². The van der Waals surface area contributed by atoms with Crippen molar-refractivity contribution in [1.82, 2.24) is 4.90 Å². The largest absolute Gasteiger partial charge is 0.484 e. The highest BCUT2D eigenvalue weighted by molar-refractivity contribution is 8.13. The van der Waals surface area contributed by atoms with Crippen LogP contribution in [-0.4, -0.2) is 35.7 Å². The van der Waals surface area contributed by atoms with Crippen LogP contribution in [0.2, 0.25) is 15.1 Å². The van der Waals surface area contributed by atoms with Gasteiger partial charge in [-0.3, -0.25) is 14.7 Å². The Hall–Kier alpha value is -1.40. The molecule has 136 valence electrons. The average Bonchev–Trinajstić information content (AvgIpc) is 3.09. The lowest BCUT2D eigenvalue weighted by atomic mass is 10.2. The number of rotatable bonds is 5. The van der Waals surface area contributed by atoms with Crippen molar-refractivity contribution in [1.29, 1.82) is 0 Å². The standard InChI is InChI=1S/C18H15Cl3N2O2S/c19-13-3-5-15(6-4-13)25-10-17(24)23-8-7-22-18(23)26-11-12-1-2-14(20)9-16(12)21/h1-6,9H,7-8,10-11H2. The summed E-state index contributed by atoms with van der Waals surface area (Å²) in [6.07, 6.45) is 0. The van der Waals surface area contributed by atoms with Crippen molar-refractivity contribution in [3.63, 3.8) is 0 Å². The van der Waals surface area contributed by atoms with Crippen molar-refractivity contribution >= 4 is 57.6 Å². The van der Waals surface area contributed by atoms with E-state index in [0.29, 0.717) is 44.8 Å². The van der Waals surface area contributed by atoms with Gasteiger partial charge in [-0.1, -0.05) is 52.6 Å². The van der Waals surface area contributed by atoms with Crippen molar-refractivity contribution in [2.24, 2.45) is 4.99 Å². The van der Waals surface area contributed by atoms with Gasteiger partial charge in [0.25, 0.3) is 5.91 Å². The number of hydrogen-bond donors (Lipinski definition) is 0. The summed E-state index contributed by atoms with van der Waals surface area (Å²) in [6, 6.07) is 12.3. The van der Waals surface area contributed by atoms with Gasteiger partial charge in [0.15, 0.2) is 11.8 Å². The maximum Gasteiger partial charge on any atom is 0.266 e. The molecule has 0 unspecified atom stereocenters. The quantitative estimate of drug-likeness (QED) is 0.659. The van der Waals surface area contributed by atoms with E-state index in [1.54, 1.807) is 41.3 Å². The molecule has 4 nitrogen and oxygen atoms in total. The molecule has 0 bridgehead atoms. The maximum absolute atomic E-state index is 12.5. The molecule has 1 heterocycles. The summed E-state index contributed by atoms with van der Waals surface area (Å²) >= 11 is 19.4. The van der Waals surface area contributed by atoms with E-state index in [2.05, 4.69) is 4.99 Å². The number of carbonyl (C=O) groups is 1. The van der Waals surface area contributed by atoms with E-state index in [0.717, 1.165) is 5.56 Å². The molecule has 3 rings (SSSR count). The molecule has 1 aliphatic heterocycles. The molecule has 1 aliphatic rings. The number of amidine groups is 1. The van der Waals surface area contributed by atoms with Crippen LogP contribution in [0.5, 0.6) is 5.75 Å². The second kappa shape index (κ2) is 9.00. The summed E-state index contributed by atoms with van der Waals surface area (Å²) in [7, 11) is 0. The van der Waals surface area contributed by atoms with E-state index in [1.807, 2.05) is 6.07 Å². The molecule has 0 atom stereocenters. The van der Waals surface area contributed by atoms with Gasteiger partial charge in [-0.15, -0.1) is 0 Å². The SMILES string of the molecule is O=C(COc1ccc(Cl)cc1)N1CCN=C1SCc1ccc(Cl)cc1Cl. The smallest absolute Gasteiger partial charge is 0.266 e. The number of aliphatic imine (C=N–C) groups is 1. The van der Waals surface area contributed by atoms with Crippen molar-refractivity contribution in [3.05, 3.63) is 63.1 Å². The van der Waals surface area contributed by atoms with E-state index in [9.17, 15) is 4.79 Å². The van der Waals surface area contributed by atoms with Gasteiger partial charge in [-0.05, 0) is 42.0 Å². The van der Waals surface area contributed by atoms with Gasteiger partial charge in [0.1, 0.15) is 5.75 Å². The Morgan fingerprint density at radius 3 is 2.58 bits per heavy atom. The van der Waals surface area contributed by atoms with Crippen LogP contribution in [0.25, 0.3) is 0 Å². The van der Waals surface area contributed by atoms with E-state index < -0.39 is 0 Å². The summed E-state index contributed by atoms with van der Waals surface area (Å²) in [4.78, 5) is 18.5. The Kier molecular flexibility index (Phi) is 6.70. The van der Waals surface area contributed by atoms with Crippen molar-refractivity contribution in [3.8, 4) is 5.75 Å². The molecule has 0 saturated heterocycles. The lowest BCUT2D eigenvalue weighted by molar-refractivity contribution is -0.128. The van der Waals surface area contributed by atoms with Crippen molar-refractivity contribution in [2.45, 2.75) is 5.75 Å². The predicted octanol–water partition coefficient (Wildman–Crippen LogP) is 5.16. The first kappa shape index (κ1) is 19.4. The molecule has 26 heavy (non-hydrogen) atoms. The Balaban J connectivity index is 1.55. The zero-order valence-corrected chi connectivity index (χ0v) is 16.7. The van der Waals surface area contributed by atoms with Gasteiger partial charge in [0.05, 0.1) is 6.54 Å². The molecule has 0 aliphatic carbocycles. The minimum Gasteiger partial charge on any atom is -0.484 e. The lowest BCUT2D eigenvalue weighted by Crippen LogP contribution is -2.36. The average molecular weight is 430 g/mol. The third kappa shape index (κ3) is 5.07. The molecule has 0 saturated carbocycles. The fraction of sp³-hybridized carbons (Fsp3) is 0.222. The van der Waals surface area contributed by atoms with Gasteiger partial charge >= 0.3 is 0 Å². The highest BCUT2D eigenvalue weighted by Crippen LogP contribution is 2.27. The molecule has 8 heteroatoms. The summed E-state index contributed by atoms with van der Waals surface area (Å²) in [5.74, 6) is 1.07. The van der Waals surface area contributed by atoms with E-state index in [-0.39, 0.29) is 12.5 Å². The van der Waals surface area contributed by atoms with E-state index >= 15 is 0 Å². The first-order chi connectivity index (χ1) is 12.5. The summed E-state index contributed by atoms with van der Waals surface area (Å²) < 4.78 is 5.53. The molecule has 0 N–H and O–H groups in total. The Morgan fingerprint density at radius 1 is 1.12 bits per heavy atom. The molecule has 0 spiro atoms. The predicted molar refractivity (Wildman–Crippen MR) is 109 cm³/mol. The molecule has 2 aromatic rings. The number of nitrogens with zero attached hydrogens (tertiary/aromatic N) is 2. The van der Waals surface area contributed by atoms with Gasteiger partial charge in [0, 0.05) is 27.4 Å². The molecule has 2 aromatic carbocycles. The fourth-order valence-corrected chi connectivity index (χ4v) is 4.06. The van der Waals surface area contributed by atoms with Crippen molar-refractivity contribution < 1.29 is 9.53 Å².